The van der Waals surface area contributed by atoms with Crippen LogP contribution in [0.2, 0.25) is 0 Å². The summed E-state index contributed by atoms with van der Waals surface area (Å²) < 4.78 is 10.3. The topological polar surface area (TPSA) is 79.9 Å². The minimum Gasteiger partial charge on any atom is -0.460 e. The summed E-state index contributed by atoms with van der Waals surface area (Å²) in [6.45, 7) is 2.32. The first-order chi connectivity index (χ1) is 13.9. The first-order valence-corrected chi connectivity index (χ1v) is 10.2. The smallest absolute Gasteiger partial charge is 0.338 e. The number of hydrogen-bond acceptors (Lipinski definition) is 5. The number of carbonyl (C=O) groups excluding carboxylic acids is 2. The Balaban J connectivity index is 2.22. The minimum absolute atomic E-state index is 0.0878. The second-order valence-corrected chi connectivity index (χ2v) is 7.30. The number of rotatable bonds is 9. The number of thiocarbonyl (C=S) groups is 1. The molecule has 2 rings (SSSR count). The number of methoxy groups -OCH3 is 1. The quantitative estimate of drug-likeness (QED) is 0.265. The van der Waals surface area contributed by atoms with Gasteiger partial charge in [-0.15, -0.1) is 11.6 Å². The number of halogens is 1. The molecular weight excluding hydrogens is 414 g/mol. The second kappa shape index (κ2) is 11.1. The standard InChI is InChI=1S/C20H26ClN3O4S/c1-13-17(19(26)28-12-11-27-3)18(23-20(29)24(13)2)14-6-8-15(9-7-14)22-16(25)5-4-10-21/h6-9,18H,4-5,10-12H2,1-3H3,(H,22,25)(H,23,29). The fourth-order valence-corrected chi connectivity index (χ4v) is 3.24. The van der Waals surface area contributed by atoms with Crippen molar-refractivity contribution in [2.75, 3.05) is 38.6 Å². The molecule has 9 heteroatoms. The lowest BCUT2D eigenvalue weighted by Gasteiger charge is -2.35. The van der Waals surface area contributed by atoms with Gasteiger partial charge in [-0.05, 0) is 43.3 Å². The maximum Gasteiger partial charge on any atom is 0.338 e. The molecule has 0 aliphatic carbocycles. The van der Waals surface area contributed by atoms with Crippen molar-refractivity contribution >= 4 is 46.5 Å². The Hall–Kier alpha value is -2.16. The molecule has 1 aromatic carbocycles. The molecule has 1 aliphatic heterocycles. The average Bonchev–Trinajstić information content (AvgIpc) is 2.71. The van der Waals surface area contributed by atoms with Crippen LogP contribution in [0.5, 0.6) is 0 Å². The Kier molecular flexibility index (Phi) is 8.88. The van der Waals surface area contributed by atoms with Gasteiger partial charge in [0.2, 0.25) is 5.91 Å². The largest absolute Gasteiger partial charge is 0.460 e. The number of nitrogens with zero attached hydrogens (tertiary/aromatic N) is 1. The normalized spacial score (nSPS) is 16.5. The van der Waals surface area contributed by atoms with Crippen molar-refractivity contribution in [3.8, 4) is 0 Å². The van der Waals surface area contributed by atoms with E-state index in [1.165, 1.54) is 0 Å². The summed E-state index contributed by atoms with van der Waals surface area (Å²) in [5, 5.41) is 6.53. The van der Waals surface area contributed by atoms with Gasteiger partial charge in [0.1, 0.15) is 6.61 Å². The van der Waals surface area contributed by atoms with Crippen LogP contribution in [0, 0.1) is 0 Å². The highest BCUT2D eigenvalue weighted by molar-refractivity contribution is 7.80. The lowest BCUT2D eigenvalue weighted by atomic mass is 9.95. The molecule has 0 radical (unpaired) electrons. The molecule has 0 fully saturated rings. The fraction of sp³-hybridized carbons (Fsp3) is 0.450. The van der Waals surface area contributed by atoms with Gasteiger partial charge in [-0.2, -0.15) is 0 Å². The Labute approximate surface area is 181 Å². The molecule has 2 N–H and O–H groups in total. The Bertz CT molecular complexity index is 782. The van der Waals surface area contributed by atoms with Crippen LogP contribution in [-0.2, 0) is 19.1 Å². The highest BCUT2D eigenvalue weighted by Crippen LogP contribution is 2.31. The van der Waals surface area contributed by atoms with E-state index in [1.807, 2.05) is 19.1 Å². The minimum atomic E-state index is -0.449. The van der Waals surface area contributed by atoms with Crippen LogP contribution in [0.1, 0.15) is 31.4 Å². The zero-order valence-electron chi connectivity index (χ0n) is 16.8. The van der Waals surface area contributed by atoms with Gasteiger partial charge in [-0.1, -0.05) is 12.1 Å². The van der Waals surface area contributed by atoms with Crippen molar-refractivity contribution in [1.82, 2.24) is 10.2 Å². The van der Waals surface area contributed by atoms with Crippen LogP contribution in [0.15, 0.2) is 35.5 Å². The van der Waals surface area contributed by atoms with Gasteiger partial charge >= 0.3 is 5.97 Å². The molecule has 0 saturated heterocycles. The third-order valence-electron chi connectivity index (χ3n) is 4.56. The molecule has 0 bridgehead atoms. The lowest BCUT2D eigenvalue weighted by Crippen LogP contribution is -2.46. The molecular formula is C20H26ClN3O4S. The predicted molar refractivity (Wildman–Crippen MR) is 117 cm³/mol. The van der Waals surface area contributed by atoms with Gasteiger partial charge in [-0.25, -0.2) is 4.79 Å². The lowest BCUT2D eigenvalue weighted by molar-refractivity contribution is -0.140. The second-order valence-electron chi connectivity index (χ2n) is 6.53. The van der Waals surface area contributed by atoms with Gasteiger partial charge in [0.15, 0.2) is 5.11 Å². The number of benzene rings is 1. The maximum absolute atomic E-state index is 12.7. The monoisotopic (exact) mass is 439 g/mol. The molecule has 1 aliphatic rings. The highest BCUT2D eigenvalue weighted by Gasteiger charge is 2.33. The van der Waals surface area contributed by atoms with Crippen molar-refractivity contribution < 1.29 is 19.1 Å². The predicted octanol–water partition coefficient (Wildman–Crippen LogP) is 2.97. The van der Waals surface area contributed by atoms with Gasteiger partial charge < -0.3 is 25.0 Å². The van der Waals surface area contributed by atoms with Crippen molar-refractivity contribution in [3.63, 3.8) is 0 Å². The number of anilines is 1. The number of esters is 1. The summed E-state index contributed by atoms with van der Waals surface area (Å²) >= 11 is 11.0. The Morgan fingerprint density at radius 1 is 1.28 bits per heavy atom. The van der Waals surface area contributed by atoms with Crippen LogP contribution < -0.4 is 10.6 Å². The molecule has 158 valence electrons. The summed E-state index contributed by atoms with van der Waals surface area (Å²) in [7, 11) is 3.34. The molecule has 29 heavy (non-hydrogen) atoms. The van der Waals surface area contributed by atoms with Crippen LogP contribution in [-0.4, -0.2) is 55.1 Å². The van der Waals surface area contributed by atoms with E-state index >= 15 is 0 Å². The van der Waals surface area contributed by atoms with E-state index in [1.54, 1.807) is 31.2 Å². The van der Waals surface area contributed by atoms with E-state index in [-0.39, 0.29) is 12.5 Å². The molecule has 1 aromatic rings. The maximum atomic E-state index is 12.7. The molecule has 1 unspecified atom stereocenters. The van der Waals surface area contributed by atoms with Gasteiger partial charge in [0, 0.05) is 37.8 Å². The molecule has 0 aromatic heterocycles. The molecule has 1 heterocycles. The van der Waals surface area contributed by atoms with Crippen LogP contribution in [0.4, 0.5) is 5.69 Å². The van der Waals surface area contributed by atoms with E-state index in [0.29, 0.717) is 41.7 Å². The fourth-order valence-electron chi connectivity index (χ4n) is 2.86. The summed E-state index contributed by atoms with van der Waals surface area (Å²) in [5.41, 5.74) is 2.71. The molecule has 7 nitrogen and oxygen atoms in total. The van der Waals surface area contributed by atoms with Gasteiger partial charge in [0.25, 0.3) is 0 Å². The van der Waals surface area contributed by atoms with Crippen molar-refractivity contribution in [2.24, 2.45) is 0 Å². The number of nitrogens with one attached hydrogen (secondary N) is 2. The summed E-state index contributed by atoms with van der Waals surface area (Å²) in [4.78, 5) is 26.3. The van der Waals surface area contributed by atoms with Crippen LogP contribution in [0.3, 0.4) is 0 Å². The summed E-state index contributed by atoms with van der Waals surface area (Å²) in [6.07, 6.45) is 0.997. The van der Waals surface area contributed by atoms with Crippen molar-refractivity contribution in [2.45, 2.75) is 25.8 Å². The number of carbonyl (C=O) groups is 2. The number of allylic oxidation sites excluding steroid dienone is 1. The van der Waals surface area contributed by atoms with E-state index in [4.69, 9.17) is 33.3 Å². The van der Waals surface area contributed by atoms with Crippen LogP contribution in [0.25, 0.3) is 0 Å². The number of hydrogen-bond donors (Lipinski definition) is 2. The SMILES string of the molecule is COCCOC(=O)C1=C(C)N(C)C(=S)NC1c1ccc(NC(=O)CCCCl)cc1. The molecule has 1 amide bonds. The Morgan fingerprint density at radius 2 is 1.97 bits per heavy atom. The summed E-state index contributed by atoms with van der Waals surface area (Å²) in [5.74, 6) is -0.0665. The third kappa shape index (κ3) is 6.16. The van der Waals surface area contributed by atoms with Crippen LogP contribution >= 0.6 is 23.8 Å². The zero-order chi connectivity index (χ0) is 21.4. The zero-order valence-corrected chi connectivity index (χ0v) is 18.4. The Morgan fingerprint density at radius 3 is 2.59 bits per heavy atom. The first-order valence-electron chi connectivity index (χ1n) is 9.25. The van der Waals surface area contributed by atoms with E-state index in [2.05, 4.69) is 10.6 Å². The van der Waals surface area contributed by atoms with E-state index in [9.17, 15) is 9.59 Å². The molecule has 0 spiro atoms. The average molecular weight is 440 g/mol. The number of ether oxygens (including phenoxy) is 2. The van der Waals surface area contributed by atoms with Crippen molar-refractivity contribution in [1.29, 1.82) is 0 Å². The summed E-state index contributed by atoms with van der Waals surface area (Å²) in [6, 6.07) is 6.83. The molecule has 1 atom stereocenters. The van der Waals surface area contributed by atoms with E-state index in [0.717, 1.165) is 11.3 Å². The molecule has 0 saturated carbocycles. The third-order valence-corrected chi connectivity index (χ3v) is 5.22. The highest BCUT2D eigenvalue weighted by atomic mass is 35.5. The van der Waals surface area contributed by atoms with Gasteiger partial charge in [-0.3, -0.25) is 4.79 Å². The number of amides is 1. The van der Waals surface area contributed by atoms with Gasteiger partial charge in [0.05, 0.1) is 18.2 Å². The first kappa shape index (κ1) is 23.1. The van der Waals surface area contributed by atoms with Crippen molar-refractivity contribution in [3.05, 3.63) is 41.1 Å². The number of alkyl halides is 1. The van der Waals surface area contributed by atoms with E-state index < -0.39 is 12.0 Å².